The van der Waals surface area contributed by atoms with Gasteiger partial charge in [0.15, 0.2) is 0 Å². The summed E-state index contributed by atoms with van der Waals surface area (Å²) in [6.07, 6.45) is 1.56. The average molecular weight is 400 g/mol. The number of hydrogen-bond acceptors (Lipinski definition) is 5. The first kappa shape index (κ1) is 9.91. The fourth-order valence-corrected chi connectivity index (χ4v) is 3.69. The minimum atomic E-state index is -1.51. The zero-order valence-electron chi connectivity index (χ0n) is 7.41. The van der Waals surface area contributed by atoms with Crippen LogP contribution in [0.4, 0.5) is 5.82 Å². The van der Waals surface area contributed by atoms with Gasteiger partial charge in [0.2, 0.25) is 0 Å². The molecular weight excluding hydrogens is 394 g/mol. The van der Waals surface area contributed by atoms with Gasteiger partial charge < -0.3 is 0 Å². The molecule has 6 nitrogen and oxygen atoms in total. The second-order valence-corrected chi connectivity index (χ2v) is 7.23. The zero-order valence-corrected chi connectivity index (χ0v) is 13.7. The Labute approximate surface area is 95.7 Å². The van der Waals surface area contributed by atoms with Gasteiger partial charge in [-0.05, 0) is 0 Å². The van der Waals surface area contributed by atoms with Crippen molar-refractivity contribution >= 4 is 25.2 Å². The molecule has 0 atom stereocenters. The van der Waals surface area contributed by atoms with E-state index in [0.717, 1.165) is 5.52 Å². The summed E-state index contributed by atoms with van der Waals surface area (Å²) in [4.78, 5) is 15.2. The molecule has 8 heteroatoms. The number of aromatic nitrogens is 4. The summed E-state index contributed by atoms with van der Waals surface area (Å²) < 4.78 is 8.04. The molecule has 0 spiro atoms. The summed E-state index contributed by atoms with van der Waals surface area (Å²) in [5, 5.41) is 0. The van der Waals surface area contributed by atoms with Crippen LogP contribution in [0, 0.1) is 0 Å². The minimum absolute atomic E-state index is 0.297. The summed E-state index contributed by atoms with van der Waals surface area (Å²) in [5.41, 5.74) is 1.35. The third-order valence-corrected chi connectivity index (χ3v) is 4.68. The third-order valence-electron chi connectivity index (χ3n) is 1.68. The molecule has 2 rings (SSSR count). The van der Waals surface area contributed by atoms with Gasteiger partial charge in [0.05, 0.1) is 0 Å². The number of nitrogens with zero attached hydrogens (tertiary/aromatic N) is 3. The molecule has 2 aromatic heterocycles. The summed E-state index contributed by atoms with van der Waals surface area (Å²) in [7, 11) is 7.29. The fraction of sp³-hybridized carbons (Fsp3) is 0.167. The Kier molecular flexibility index (Phi) is 3.02. The number of nitrogens with one attached hydrogen (secondary N) is 2. The van der Waals surface area contributed by atoms with Crippen molar-refractivity contribution in [2.24, 2.45) is 0 Å². The Balaban J connectivity index is 2.58. The number of H-pyrrole nitrogens is 1. The molecule has 0 saturated carbocycles. The number of rotatable bonds is 3. The molecule has 0 saturated heterocycles. The van der Waals surface area contributed by atoms with Crippen molar-refractivity contribution in [2.45, 2.75) is 0 Å². The van der Waals surface area contributed by atoms with E-state index >= 15 is 0 Å². The Morgan fingerprint density at radius 1 is 1.57 bits per heavy atom. The van der Waals surface area contributed by atoms with Crippen LogP contribution < -0.4 is 7.82 Å². The van der Waals surface area contributed by atoms with Crippen LogP contribution in [-0.2, 0) is 23.6 Å². The molecule has 0 bridgehead atoms. The van der Waals surface area contributed by atoms with E-state index in [9.17, 15) is 0 Å². The molecule has 0 radical (unpaired) electrons. The fourth-order valence-electron chi connectivity index (χ4n) is 1.10. The van der Waals surface area contributed by atoms with Crippen molar-refractivity contribution in [1.82, 2.24) is 19.9 Å². The molecule has 2 heterocycles. The second kappa shape index (κ2) is 4.27. The molecule has 0 amide bonds. The van der Waals surface area contributed by atoms with Crippen LogP contribution >= 0.6 is 8.25 Å². The summed E-state index contributed by atoms with van der Waals surface area (Å²) >= 11 is -1.51. The van der Waals surface area contributed by atoms with Crippen molar-refractivity contribution in [2.75, 3.05) is 10.2 Å². The first-order chi connectivity index (χ1) is 6.85. The van der Waals surface area contributed by atoms with E-state index in [2.05, 4.69) is 23.0 Å². The number of methoxy groups -OCH3 is 1. The van der Waals surface area contributed by atoms with E-state index in [0.29, 0.717) is 17.5 Å². The number of imidazole rings is 1. The Bertz CT molecular complexity index is 447. The van der Waals surface area contributed by atoms with Crippen LogP contribution in [0.5, 0.6) is 6.01 Å². The van der Waals surface area contributed by atoms with E-state index in [-0.39, 0.29) is 0 Å². The van der Waals surface area contributed by atoms with Crippen molar-refractivity contribution in [3.05, 3.63) is 6.33 Å². The Morgan fingerprint density at radius 2 is 2.43 bits per heavy atom. The molecule has 0 aliphatic carbocycles. The van der Waals surface area contributed by atoms with Crippen LogP contribution in [0.1, 0.15) is 0 Å². The van der Waals surface area contributed by atoms with Gasteiger partial charge in [-0.25, -0.2) is 0 Å². The first-order valence-electron chi connectivity index (χ1n) is 3.90. The summed E-state index contributed by atoms with van der Waals surface area (Å²) in [6, 6.07) is 0.297. The first-order valence-corrected chi connectivity index (χ1v) is 13.4. The van der Waals surface area contributed by atoms with E-state index in [1.807, 2.05) is 0 Å². The van der Waals surface area contributed by atoms with Crippen molar-refractivity contribution in [1.29, 1.82) is 0 Å². The SMILES string of the molecule is COc1nc([NH][Hg][Cl])c2[nH]cnc2n1. The number of halogens is 1. The zero-order chi connectivity index (χ0) is 9.97. The number of aromatic amines is 1. The molecule has 0 aliphatic heterocycles. The molecule has 0 aliphatic rings. The molecule has 2 aromatic rings. The Hall–Kier alpha value is -0.625. The topological polar surface area (TPSA) is 75.7 Å². The van der Waals surface area contributed by atoms with Gasteiger partial charge in [-0.3, -0.25) is 0 Å². The molecule has 14 heavy (non-hydrogen) atoms. The molecule has 0 aromatic carbocycles. The van der Waals surface area contributed by atoms with Crippen molar-refractivity contribution in [3.8, 4) is 6.01 Å². The standard InChI is InChI=1S/C6H6N5O.ClH.Hg/c1-12-6-10-4(7)3-5(11-6)9-2-8-3;;/h2H,1H3,(H2-,7,8,9,10,11);1H;/q-1;;+2/p-1. The summed E-state index contributed by atoms with van der Waals surface area (Å²) in [6.45, 7) is 0. The van der Waals surface area contributed by atoms with Crippen molar-refractivity contribution < 1.29 is 28.4 Å². The van der Waals surface area contributed by atoms with Gasteiger partial charge >= 0.3 is 96.1 Å². The average Bonchev–Trinajstić information content (AvgIpc) is 2.66. The quantitative estimate of drug-likeness (QED) is 0.750. The van der Waals surface area contributed by atoms with Gasteiger partial charge in [-0.2, -0.15) is 0 Å². The predicted octanol–water partition coefficient (Wildman–Crippen LogP) is 0.925. The number of ether oxygens (including phenoxy) is 1. The molecule has 0 fully saturated rings. The number of hydrogen-bond donors (Lipinski definition) is 2. The van der Waals surface area contributed by atoms with E-state index in [1.54, 1.807) is 6.33 Å². The van der Waals surface area contributed by atoms with E-state index < -0.39 is 23.6 Å². The maximum absolute atomic E-state index is 5.77. The van der Waals surface area contributed by atoms with Crippen LogP contribution in [0.25, 0.3) is 11.2 Å². The molecule has 70 valence electrons. The normalized spacial score (nSPS) is 9.86. The molecule has 0 unspecified atom stereocenters. The Morgan fingerprint density at radius 3 is 3.14 bits per heavy atom. The molecule has 2 N–H and O–H groups in total. The number of fused-ring (bicyclic) bond motifs is 1. The van der Waals surface area contributed by atoms with Gasteiger partial charge in [-0.1, -0.05) is 0 Å². The monoisotopic (exact) mass is 401 g/mol. The van der Waals surface area contributed by atoms with Gasteiger partial charge in [0.25, 0.3) is 0 Å². The maximum atomic E-state index is 5.77. The van der Waals surface area contributed by atoms with Crippen LogP contribution in [-0.4, -0.2) is 27.0 Å². The van der Waals surface area contributed by atoms with Gasteiger partial charge in [-0.15, -0.1) is 0 Å². The van der Waals surface area contributed by atoms with Crippen molar-refractivity contribution in [3.63, 3.8) is 0 Å². The summed E-state index contributed by atoms with van der Waals surface area (Å²) in [5.74, 6) is 0.681. The van der Waals surface area contributed by atoms with Gasteiger partial charge in [0.1, 0.15) is 0 Å². The number of anilines is 1. The van der Waals surface area contributed by atoms with Crippen LogP contribution in [0.15, 0.2) is 6.33 Å². The van der Waals surface area contributed by atoms with E-state index in [4.69, 9.17) is 13.0 Å². The van der Waals surface area contributed by atoms with E-state index in [1.165, 1.54) is 7.11 Å². The third kappa shape index (κ3) is 1.76. The second-order valence-electron chi connectivity index (χ2n) is 2.47. The predicted molar refractivity (Wildman–Crippen MR) is 47.7 cm³/mol. The van der Waals surface area contributed by atoms with Crippen LogP contribution in [0.3, 0.4) is 0 Å². The molecular formula is C6H6ClHgN5O. The van der Waals surface area contributed by atoms with Crippen LogP contribution in [0.2, 0.25) is 0 Å². The van der Waals surface area contributed by atoms with Gasteiger partial charge in [0, 0.05) is 0 Å².